The smallest absolute Gasteiger partial charge is 0.180 e. The minimum absolute atomic E-state index is 0.124. The van der Waals surface area contributed by atoms with Crippen molar-refractivity contribution in [2.75, 3.05) is 0 Å². The van der Waals surface area contributed by atoms with E-state index in [0.717, 1.165) is 22.3 Å². The van der Waals surface area contributed by atoms with E-state index in [-0.39, 0.29) is 11.7 Å². The summed E-state index contributed by atoms with van der Waals surface area (Å²) in [7, 11) is 0. The van der Waals surface area contributed by atoms with Crippen molar-refractivity contribution in [3.63, 3.8) is 0 Å². The third kappa shape index (κ3) is 3.90. The van der Waals surface area contributed by atoms with Gasteiger partial charge in [0.2, 0.25) is 0 Å². The van der Waals surface area contributed by atoms with Gasteiger partial charge in [-0.1, -0.05) is 152 Å². The van der Waals surface area contributed by atoms with Crippen LogP contribution in [-0.2, 0) is 5.60 Å². The van der Waals surface area contributed by atoms with Gasteiger partial charge in [-0.05, 0) is 40.5 Å². The molecule has 234 valence electrons. The molecule has 4 heteroatoms. The highest BCUT2D eigenvalue weighted by molar-refractivity contribution is 6.06. The first-order valence-corrected chi connectivity index (χ1v) is 16.6. The lowest BCUT2D eigenvalue weighted by Gasteiger charge is -2.54. The number of para-hydroxylation sites is 2. The maximum absolute atomic E-state index is 16.0. The van der Waals surface area contributed by atoms with Gasteiger partial charge in [-0.3, -0.25) is 4.79 Å². The second-order valence-corrected chi connectivity index (χ2v) is 13.2. The summed E-state index contributed by atoms with van der Waals surface area (Å²) in [6.07, 6.45) is -1.39. The van der Waals surface area contributed by atoms with Crippen LogP contribution in [0.4, 0.5) is 0 Å². The molecule has 48 heavy (non-hydrogen) atoms. The van der Waals surface area contributed by atoms with Gasteiger partial charge in [0.25, 0.3) is 0 Å². The van der Waals surface area contributed by atoms with E-state index in [1.807, 2.05) is 133 Å². The monoisotopic (exact) mass is 626 g/mol. The highest BCUT2D eigenvalue weighted by Crippen LogP contribution is 2.78. The molecule has 7 atom stereocenters. The number of aliphatic hydroxyl groups is 1. The van der Waals surface area contributed by atoms with Crippen molar-refractivity contribution in [3.8, 4) is 11.5 Å². The highest BCUT2D eigenvalue weighted by Gasteiger charge is 2.80. The molecule has 3 unspecified atom stereocenters. The Bertz CT molecular complexity index is 2100. The standard InChI is InChI=1S/C44H34O4/c45-41-33-25-13-15-27-35(33)48-42(32-23-11-4-12-24-32)43(41)38(30-19-7-2-8-20-30)37(29-17-5-1-6-18-29)39-40(31-21-9-3-10-22-31)47-36-28-16-14-26-34(36)44(39,43)46/h1-28,37-40,42,46H/t37-,38-,39-,40+,42?,43?,44?/m1/s1. The first-order valence-electron chi connectivity index (χ1n) is 16.6. The molecule has 0 saturated heterocycles. The van der Waals surface area contributed by atoms with Crippen LogP contribution in [0.25, 0.3) is 0 Å². The van der Waals surface area contributed by atoms with Gasteiger partial charge in [-0.2, -0.15) is 0 Å². The third-order valence-electron chi connectivity index (χ3n) is 11.0. The molecule has 0 aromatic heterocycles. The van der Waals surface area contributed by atoms with Crippen molar-refractivity contribution in [3.05, 3.63) is 203 Å². The lowest BCUT2D eigenvalue weighted by Crippen LogP contribution is -2.60. The zero-order valence-corrected chi connectivity index (χ0v) is 26.2. The molecule has 6 aromatic carbocycles. The minimum Gasteiger partial charge on any atom is -0.485 e. The number of carbonyl (C=O) groups is 1. The van der Waals surface area contributed by atoms with Crippen molar-refractivity contribution in [2.24, 2.45) is 11.3 Å². The minimum atomic E-state index is -1.74. The van der Waals surface area contributed by atoms with Crippen molar-refractivity contribution >= 4 is 5.78 Å². The maximum atomic E-state index is 16.0. The number of rotatable bonds is 4. The third-order valence-corrected chi connectivity index (χ3v) is 11.0. The summed E-state index contributed by atoms with van der Waals surface area (Å²) >= 11 is 0. The first-order chi connectivity index (χ1) is 23.6. The Kier molecular flexibility index (Phi) is 6.63. The summed E-state index contributed by atoms with van der Waals surface area (Å²) in [4.78, 5) is 16.0. The van der Waals surface area contributed by atoms with Crippen LogP contribution in [-0.4, -0.2) is 10.9 Å². The van der Waals surface area contributed by atoms with Gasteiger partial charge in [0.1, 0.15) is 34.7 Å². The predicted octanol–water partition coefficient (Wildman–Crippen LogP) is 9.21. The van der Waals surface area contributed by atoms with E-state index in [1.165, 1.54) is 0 Å². The van der Waals surface area contributed by atoms with Crippen LogP contribution in [0.2, 0.25) is 0 Å². The Morgan fingerprint density at radius 3 is 1.65 bits per heavy atom. The Balaban J connectivity index is 1.47. The van der Waals surface area contributed by atoms with Crippen LogP contribution in [0, 0.1) is 11.3 Å². The van der Waals surface area contributed by atoms with Crippen LogP contribution in [0.5, 0.6) is 11.5 Å². The van der Waals surface area contributed by atoms with E-state index in [9.17, 15) is 5.11 Å². The number of hydrogen-bond acceptors (Lipinski definition) is 4. The molecular weight excluding hydrogens is 592 g/mol. The first kappa shape index (κ1) is 28.7. The Labute approximate surface area is 280 Å². The average Bonchev–Trinajstić information content (AvgIpc) is 3.41. The van der Waals surface area contributed by atoms with Gasteiger partial charge >= 0.3 is 0 Å². The molecule has 2 heterocycles. The summed E-state index contributed by atoms with van der Waals surface area (Å²) in [5.41, 5.74) is 1.62. The molecule has 0 radical (unpaired) electrons. The van der Waals surface area contributed by atoms with E-state index in [1.54, 1.807) is 0 Å². The van der Waals surface area contributed by atoms with Gasteiger partial charge in [0.15, 0.2) is 5.78 Å². The van der Waals surface area contributed by atoms with Gasteiger partial charge in [-0.25, -0.2) is 0 Å². The van der Waals surface area contributed by atoms with Gasteiger partial charge in [0.05, 0.1) is 5.56 Å². The Hall–Kier alpha value is -5.45. The van der Waals surface area contributed by atoms with Crippen molar-refractivity contribution < 1.29 is 19.4 Å². The number of fused-ring (bicyclic) bond motifs is 5. The lowest BCUT2D eigenvalue weighted by atomic mass is 9.54. The van der Waals surface area contributed by atoms with Crippen LogP contribution >= 0.6 is 0 Å². The number of Topliss-reactive ketones (excluding diaryl/α,β-unsaturated/α-hetero) is 1. The topological polar surface area (TPSA) is 55.8 Å². The fourth-order valence-corrected chi connectivity index (χ4v) is 9.25. The van der Waals surface area contributed by atoms with E-state index >= 15 is 4.79 Å². The molecule has 0 amide bonds. The van der Waals surface area contributed by atoms with Crippen molar-refractivity contribution in [2.45, 2.75) is 29.6 Å². The average molecular weight is 627 g/mol. The predicted molar refractivity (Wildman–Crippen MR) is 185 cm³/mol. The molecule has 1 N–H and O–H groups in total. The van der Waals surface area contributed by atoms with Crippen molar-refractivity contribution in [1.29, 1.82) is 0 Å². The molecule has 2 aliphatic heterocycles. The van der Waals surface area contributed by atoms with E-state index in [0.29, 0.717) is 22.6 Å². The molecule has 1 spiro atoms. The van der Waals surface area contributed by atoms with E-state index < -0.39 is 35.1 Å². The number of benzene rings is 6. The van der Waals surface area contributed by atoms with E-state index in [4.69, 9.17) is 9.47 Å². The fraction of sp³-hybridized carbons (Fsp3) is 0.159. The number of carbonyl (C=O) groups excluding carboxylic acids is 1. The lowest BCUT2D eigenvalue weighted by molar-refractivity contribution is -0.161. The normalized spacial score (nSPS) is 28.4. The summed E-state index contributed by atoms with van der Waals surface area (Å²) in [6.45, 7) is 0. The molecule has 3 aliphatic rings. The van der Waals surface area contributed by atoms with Crippen LogP contribution in [0.15, 0.2) is 170 Å². The summed E-state index contributed by atoms with van der Waals surface area (Å²) < 4.78 is 14.1. The van der Waals surface area contributed by atoms with E-state index in [2.05, 4.69) is 36.4 Å². The number of hydrogen-bond donors (Lipinski definition) is 1. The summed E-state index contributed by atoms with van der Waals surface area (Å²) in [6, 6.07) is 55.9. The Morgan fingerprint density at radius 2 is 1.00 bits per heavy atom. The zero-order valence-electron chi connectivity index (χ0n) is 26.2. The van der Waals surface area contributed by atoms with Crippen LogP contribution < -0.4 is 9.47 Å². The van der Waals surface area contributed by atoms with Gasteiger partial charge in [0, 0.05) is 23.3 Å². The zero-order chi connectivity index (χ0) is 32.3. The molecule has 1 aliphatic carbocycles. The second kappa shape index (κ2) is 11.1. The molecule has 4 nitrogen and oxygen atoms in total. The fourth-order valence-electron chi connectivity index (χ4n) is 9.25. The molecule has 1 fully saturated rings. The molecular formula is C44H34O4. The molecule has 9 rings (SSSR count). The summed E-state index contributed by atoms with van der Waals surface area (Å²) in [5.74, 6) is -0.460. The molecule has 1 saturated carbocycles. The SMILES string of the molecule is O=C1c2ccccc2OC(c2ccccc2)C12[C@H](c1ccccc1)[C@@H](c1ccccc1)[C@@H]1[C@H](c3ccccc3)Oc3ccccc3C12O. The van der Waals surface area contributed by atoms with Gasteiger partial charge < -0.3 is 14.6 Å². The summed E-state index contributed by atoms with van der Waals surface area (Å²) in [5, 5.41) is 14.4. The molecule has 6 aromatic rings. The van der Waals surface area contributed by atoms with Gasteiger partial charge in [-0.15, -0.1) is 0 Å². The maximum Gasteiger partial charge on any atom is 0.180 e. The van der Waals surface area contributed by atoms with Crippen LogP contribution in [0.3, 0.4) is 0 Å². The molecule has 0 bridgehead atoms. The quantitative estimate of drug-likeness (QED) is 0.212. The number of ketones is 1. The number of ether oxygens (including phenoxy) is 2. The Morgan fingerprint density at radius 1 is 0.500 bits per heavy atom. The largest absolute Gasteiger partial charge is 0.485 e. The highest BCUT2D eigenvalue weighted by atomic mass is 16.5. The van der Waals surface area contributed by atoms with Crippen LogP contribution in [0.1, 0.15) is 62.2 Å². The van der Waals surface area contributed by atoms with Crippen molar-refractivity contribution in [1.82, 2.24) is 0 Å². The second-order valence-electron chi connectivity index (χ2n) is 13.2.